The first-order valence-electron chi connectivity index (χ1n) is 8.28. The molecule has 2 aromatic carbocycles. The summed E-state index contributed by atoms with van der Waals surface area (Å²) >= 11 is 0. The molecule has 5 heteroatoms. The van der Waals surface area contributed by atoms with E-state index in [1.807, 2.05) is 26.0 Å². The maximum Gasteiger partial charge on any atom is 0.240 e. The average molecular weight is 363 g/mol. The molecular weight excluding hydrogens is 337 g/mol. The Bertz CT molecular complexity index is 817. The summed E-state index contributed by atoms with van der Waals surface area (Å²) in [6.45, 7) is 10.3. The van der Waals surface area contributed by atoms with Gasteiger partial charge in [0.05, 0.1) is 4.90 Å². The lowest BCUT2D eigenvalue weighted by atomic mass is 9.85. The number of halogens is 1. The number of benzene rings is 2. The van der Waals surface area contributed by atoms with Crippen molar-refractivity contribution in [3.05, 3.63) is 65.5 Å². The van der Waals surface area contributed by atoms with Gasteiger partial charge in [0.15, 0.2) is 0 Å². The molecule has 0 fully saturated rings. The van der Waals surface area contributed by atoms with E-state index in [2.05, 4.69) is 25.5 Å². The Balaban J connectivity index is 2.14. The van der Waals surface area contributed by atoms with E-state index >= 15 is 0 Å². The van der Waals surface area contributed by atoms with Gasteiger partial charge >= 0.3 is 0 Å². The molecule has 0 aliphatic heterocycles. The topological polar surface area (TPSA) is 46.2 Å². The Morgan fingerprint density at radius 2 is 1.32 bits per heavy atom. The Morgan fingerprint density at radius 3 is 1.80 bits per heavy atom. The highest BCUT2D eigenvalue weighted by Gasteiger charge is 2.24. The van der Waals surface area contributed by atoms with E-state index in [1.165, 1.54) is 12.1 Å². The first-order valence-corrected chi connectivity index (χ1v) is 9.76. The van der Waals surface area contributed by atoms with Gasteiger partial charge in [0, 0.05) is 12.0 Å². The minimum atomic E-state index is -3.60. The van der Waals surface area contributed by atoms with Gasteiger partial charge in [0.1, 0.15) is 5.82 Å². The van der Waals surface area contributed by atoms with Gasteiger partial charge in [0.2, 0.25) is 10.0 Å². The van der Waals surface area contributed by atoms with Gasteiger partial charge in [0.25, 0.3) is 0 Å². The summed E-state index contributed by atoms with van der Waals surface area (Å²) in [7, 11) is -3.60. The molecule has 136 valence electrons. The largest absolute Gasteiger partial charge is 0.240 e. The van der Waals surface area contributed by atoms with E-state index in [9.17, 15) is 12.8 Å². The SMILES string of the molecule is CC(C)(C)c1ccc(S(=O)(=O)NCC(C)(C)c2ccc(F)cc2)cc1. The fourth-order valence-electron chi connectivity index (χ4n) is 2.50. The van der Waals surface area contributed by atoms with Crippen LogP contribution in [0.5, 0.6) is 0 Å². The molecule has 0 radical (unpaired) electrons. The zero-order valence-corrected chi connectivity index (χ0v) is 16.2. The summed E-state index contributed by atoms with van der Waals surface area (Å²) in [6, 6.07) is 13.1. The monoisotopic (exact) mass is 363 g/mol. The summed E-state index contributed by atoms with van der Waals surface area (Å²) in [5.41, 5.74) is 1.48. The van der Waals surface area contributed by atoms with Gasteiger partial charge in [-0.2, -0.15) is 0 Å². The molecule has 0 spiro atoms. The molecule has 0 saturated heterocycles. The molecule has 2 rings (SSSR count). The first-order chi connectivity index (χ1) is 11.4. The molecule has 0 aromatic heterocycles. The van der Waals surface area contributed by atoms with Crippen molar-refractivity contribution in [1.82, 2.24) is 4.72 Å². The van der Waals surface area contributed by atoms with Gasteiger partial charge in [-0.1, -0.05) is 58.9 Å². The second-order valence-electron chi connectivity index (χ2n) is 7.99. The van der Waals surface area contributed by atoms with Crippen molar-refractivity contribution < 1.29 is 12.8 Å². The van der Waals surface area contributed by atoms with E-state index in [1.54, 1.807) is 24.3 Å². The Kier molecular flexibility index (Phi) is 5.40. The van der Waals surface area contributed by atoms with Crippen LogP contribution < -0.4 is 4.72 Å². The van der Waals surface area contributed by atoms with Crippen LogP contribution in [-0.2, 0) is 20.9 Å². The molecule has 0 aliphatic rings. The minimum Gasteiger partial charge on any atom is -0.210 e. The standard InChI is InChI=1S/C20H26FNO2S/c1-19(2,3)15-8-12-18(13-9-15)25(23,24)22-14-20(4,5)16-6-10-17(21)11-7-16/h6-13,22H,14H2,1-5H3. The molecule has 0 unspecified atom stereocenters. The van der Waals surface area contributed by atoms with Crippen molar-refractivity contribution in [1.29, 1.82) is 0 Å². The fraction of sp³-hybridized carbons (Fsp3) is 0.400. The number of sulfonamides is 1. The summed E-state index contributed by atoms with van der Waals surface area (Å²) in [5, 5.41) is 0. The third-order valence-electron chi connectivity index (χ3n) is 4.36. The maximum atomic E-state index is 13.1. The zero-order chi connectivity index (χ0) is 18.9. The summed E-state index contributed by atoms with van der Waals surface area (Å²) in [5.74, 6) is -0.306. The minimum absolute atomic E-state index is 0.0275. The van der Waals surface area contributed by atoms with Crippen molar-refractivity contribution in [2.45, 2.75) is 50.3 Å². The summed E-state index contributed by atoms with van der Waals surface area (Å²) in [6.07, 6.45) is 0. The van der Waals surface area contributed by atoms with Gasteiger partial charge < -0.3 is 0 Å². The van der Waals surface area contributed by atoms with Gasteiger partial charge in [-0.25, -0.2) is 17.5 Å². The highest BCUT2D eigenvalue weighted by Crippen LogP contribution is 2.25. The van der Waals surface area contributed by atoms with Crippen LogP contribution in [0.2, 0.25) is 0 Å². The molecule has 0 aliphatic carbocycles. The predicted octanol–water partition coefficient (Wildman–Crippen LogP) is 4.38. The molecule has 0 amide bonds. The van der Waals surface area contributed by atoms with Crippen LogP contribution in [0.25, 0.3) is 0 Å². The average Bonchev–Trinajstić information content (AvgIpc) is 2.53. The Labute approximate surface area is 150 Å². The van der Waals surface area contributed by atoms with Gasteiger partial charge in [-0.15, -0.1) is 0 Å². The molecule has 0 saturated carbocycles. The van der Waals surface area contributed by atoms with Crippen LogP contribution in [0, 0.1) is 5.82 Å². The van der Waals surface area contributed by atoms with Crippen LogP contribution in [0.3, 0.4) is 0 Å². The van der Waals surface area contributed by atoms with E-state index in [0.717, 1.165) is 11.1 Å². The maximum absolute atomic E-state index is 13.1. The lowest BCUT2D eigenvalue weighted by molar-refractivity contribution is 0.500. The van der Waals surface area contributed by atoms with Crippen molar-refractivity contribution in [2.75, 3.05) is 6.54 Å². The second kappa shape index (κ2) is 6.89. The lowest BCUT2D eigenvalue weighted by Gasteiger charge is -2.25. The predicted molar refractivity (Wildman–Crippen MR) is 99.8 cm³/mol. The normalized spacial score (nSPS) is 13.0. The number of nitrogens with one attached hydrogen (secondary N) is 1. The fourth-order valence-corrected chi connectivity index (χ4v) is 3.71. The highest BCUT2D eigenvalue weighted by molar-refractivity contribution is 7.89. The van der Waals surface area contributed by atoms with Crippen molar-refractivity contribution >= 4 is 10.0 Å². The molecule has 0 bridgehead atoms. The second-order valence-corrected chi connectivity index (χ2v) is 9.76. The van der Waals surface area contributed by atoms with Gasteiger partial charge in [-0.3, -0.25) is 0 Å². The number of hydrogen-bond acceptors (Lipinski definition) is 2. The molecule has 0 atom stereocenters. The van der Waals surface area contributed by atoms with Crippen LogP contribution in [0.15, 0.2) is 53.4 Å². The Hall–Kier alpha value is -1.72. The van der Waals surface area contributed by atoms with E-state index in [4.69, 9.17) is 0 Å². The van der Waals surface area contributed by atoms with Crippen LogP contribution in [0.1, 0.15) is 45.7 Å². The quantitative estimate of drug-likeness (QED) is 0.857. The molecule has 25 heavy (non-hydrogen) atoms. The van der Waals surface area contributed by atoms with Crippen LogP contribution in [0.4, 0.5) is 4.39 Å². The van der Waals surface area contributed by atoms with Crippen LogP contribution >= 0.6 is 0 Å². The van der Waals surface area contributed by atoms with Gasteiger partial charge in [-0.05, 0) is 40.8 Å². The summed E-state index contributed by atoms with van der Waals surface area (Å²) < 4.78 is 40.8. The molecule has 0 heterocycles. The lowest BCUT2D eigenvalue weighted by Crippen LogP contribution is -2.36. The van der Waals surface area contributed by atoms with E-state index in [-0.39, 0.29) is 22.7 Å². The van der Waals surface area contributed by atoms with Crippen molar-refractivity contribution in [3.8, 4) is 0 Å². The molecule has 1 N–H and O–H groups in total. The third-order valence-corrected chi connectivity index (χ3v) is 5.78. The molecular formula is C20H26FNO2S. The molecule has 2 aromatic rings. The number of hydrogen-bond donors (Lipinski definition) is 1. The third kappa shape index (κ3) is 4.89. The Morgan fingerprint density at radius 1 is 0.840 bits per heavy atom. The first kappa shape index (κ1) is 19.6. The molecule has 3 nitrogen and oxygen atoms in total. The smallest absolute Gasteiger partial charge is 0.210 e. The van der Waals surface area contributed by atoms with Crippen molar-refractivity contribution in [2.24, 2.45) is 0 Å². The van der Waals surface area contributed by atoms with E-state index < -0.39 is 15.4 Å². The summed E-state index contributed by atoms with van der Waals surface area (Å²) in [4.78, 5) is 0.246. The highest BCUT2D eigenvalue weighted by atomic mass is 32.2. The van der Waals surface area contributed by atoms with E-state index in [0.29, 0.717) is 0 Å². The van der Waals surface area contributed by atoms with Crippen molar-refractivity contribution in [3.63, 3.8) is 0 Å². The zero-order valence-electron chi connectivity index (χ0n) is 15.4. The number of rotatable bonds is 5. The van der Waals surface area contributed by atoms with Crippen LogP contribution in [-0.4, -0.2) is 15.0 Å².